The highest BCUT2D eigenvalue weighted by molar-refractivity contribution is 7.91. The summed E-state index contributed by atoms with van der Waals surface area (Å²) >= 11 is 6.35. The lowest BCUT2D eigenvalue weighted by atomic mass is 9.85. The molecule has 1 aromatic heterocycles. The number of amides is 3. The van der Waals surface area contributed by atoms with Crippen LogP contribution in [0.2, 0.25) is 5.02 Å². The number of sulfonamides is 2. The maximum Gasteiger partial charge on any atom is 0.254 e. The number of benzene rings is 2. The van der Waals surface area contributed by atoms with Crippen molar-refractivity contribution in [3.05, 3.63) is 66.3 Å². The molecule has 5 atom stereocenters. The summed E-state index contributed by atoms with van der Waals surface area (Å²) in [6, 6.07) is 8.97. The third-order valence-corrected chi connectivity index (χ3v) is 14.4. The second-order valence-electron chi connectivity index (χ2n) is 15.7. The number of hydrogen-bond acceptors (Lipinski definition) is 12. The van der Waals surface area contributed by atoms with E-state index in [4.69, 9.17) is 21.1 Å². The Kier molecular flexibility index (Phi) is 11.2. The summed E-state index contributed by atoms with van der Waals surface area (Å²) in [5.74, 6) is -1.95. The Morgan fingerprint density at radius 1 is 1.07 bits per heavy atom. The van der Waals surface area contributed by atoms with Crippen molar-refractivity contribution in [3.63, 3.8) is 0 Å². The second kappa shape index (κ2) is 15.2. The zero-order valence-electron chi connectivity index (χ0n) is 32.0. The quantitative estimate of drug-likeness (QED) is 0.200. The molecule has 302 valence electrons. The molecular formula is C38H47ClN6O9S2. The summed E-state index contributed by atoms with van der Waals surface area (Å²) in [6.07, 6.45) is 3.42. The van der Waals surface area contributed by atoms with Gasteiger partial charge in [-0.3, -0.25) is 29.3 Å². The number of methoxy groups -OCH3 is 1. The number of likely N-dealkylation sites (tertiary alicyclic amines) is 1. The van der Waals surface area contributed by atoms with Gasteiger partial charge in [-0.05, 0) is 67.1 Å². The molecule has 1 aliphatic heterocycles. The topological polar surface area (TPSA) is 193 Å². The van der Waals surface area contributed by atoms with Gasteiger partial charge in [0.2, 0.25) is 37.7 Å². The lowest BCUT2D eigenvalue weighted by molar-refractivity contribution is -0.136. The van der Waals surface area contributed by atoms with Crippen LogP contribution < -0.4 is 24.8 Å². The van der Waals surface area contributed by atoms with Crippen LogP contribution >= 0.6 is 11.6 Å². The van der Waals surface area contributed by atoms with E-state index in [-0.39, 0.29) is 30.2 Å². The third kappa shape index (κ3) is 8.09. The van der Waals surface area contributed by atoms with Crippen LogP contribution in [0.3, 0.4) is 0 Å². The highest BCUT2D eigenvalue weighted by atomic mass is 35.5. The molecular weight excluding hydrogens is 784 g/mol. The molecule has 2 aromatic carbocycles. The van der Waals surface area contributed by atoms with Crippen LogP contribution in [-0.4, -0.2) is 105 Å². The van der Waals surface area contributed by atoms with Gasteiger partial charge < -0.3 is 14.8 Å². The van der Waals surface area contributed by atoms with Crippen LogP contribution in [0, 0.1) is 11.3 Å². The van der Waals surface area contributed by atoms with Gasteiger partial charge in [-0.15, -0.1) is 6.58 Å². The van der Waals surface area contributed by atoms with Gasteiger partial charge in [0.15, 0.2) is 0 Å². The van der Waals surface area contributed by atoms with Crippen molar-refractivity contribution in [3.8, 4) is 11.6 Å². The molecule has 0 radical (unpaired) electrons. The van der Waals surface area contributed by atoms with Crippen molar-refractivity contribution in [1.82, 2.24) is 24.2 Å². The second-order valence-corrected chi connectivity index (χ2v) is 20.3. The van der Waals surface area contributed by atoms with Gasteiger partial charge in [0.05, 0.1) is 29.5 Å². The van der Waals surface area contributed by atoms with E-state index in [2.05, 4.69) is 26.9 Å². The van der Waals surface area contributed by atoms with Gasteiger partial charge >= 0.3 is 0 Å². The Balaban J connectivity index is 1.30. The monoisotopic (exact) mass is 830 g/mol. The molecule has 18 heteroatoms. The fraction of sp³-hybridized carbons (Fsp3) is 0.474. The average molecular weight is 831 g/mol. The Labute approximate surface area is 332 Å². The molecule has 2 saturated carbocycles. The van der Waals surface area contributed by atoms with Crippen molar-refractivity contribution >= 4 is 65.8 Å². The third-order valence-electron chi connectivity index (χ3n) is 10.5. The van der Waals surface area contributed by atoms with Gasteiger partial charge in [0.1, 0.15) is 23.4 Å². The molecule has 2 aliphatic carbocycles. The molecule has 15 nitrogen and oxygen atoms in total. The van der Waals surface area contributed by atoms with Gasteiger partial charge in [-0.2, -0.15) is 0 Å². The number of aromatic nitrogens is 1. The van der Waals surface area contributed by atoms with E-state index >= 15 is 0 Å². The Bertz CT molecular complexity index is 2280. The summed E-state index contributed by atoms with van der Waals surface area (Å²) in [7, 11) is -3.26. The van der Waals surface area contributed by atoms with Gasteiger partial charge in [0, 0.05) is 54.5 Å². The summed E-state index contributed by atoms with van der Waals surface area (Å²) < 4.78 is 66.5. The molecule has 0 unspecified atom stereocenters. The fourth-order valence-corrected chi connectivity index (χ4v) is 9.59. The minimum absolute atomic E-state index is 0.00639. The summed E-state index contributed by atoms with van der Waals surface area (Å²) in [5, 5.41) is 6.69. The first-order chi connectivity index (χ1) is 26.2. The smallest absolute Gasteiger partial charge is 0.254 e. The van der Waals surface area contributed by atoms with Crippen LogP contribution in [0.4, 0.5) is 5.69 Å². The number of pyridine rings is 1. The number of imide groups is 1. The van der Waals surface area contributed by atoms with E-state index in [9.17, 15) is 31.2 Å². The number of anilines is 1. The molecule has 0 bridgehead atoms. The number of hydrogen-bond donors (Lipinski definition) is 3. The lowest BCUT2D eigenvalue weighted by Gasteiger charge is -2.34. The van der Waals surface area contributed by atoms with Crippen molar-refractivity contribution < 1.29 is 40.7 Å². The first-order valence-corrected chi connectivity index (χ1v) is 21.5. The Hall–Kier alpha value is -4.29. The number of nitrogens with one attached hydrogen (secondary N) is 3. The number of halogens is 1. The first kappa shape index (κ1) is 41.3. The van der Waals surface area contributed by atoms with E-state index in [1.807, 2.05) is 20.8 Å². The number of carbonyl (C=O) groups excluding carboxylic acids is 3. The van der Waals surface area contributed by atoms with Crippen LogP contribution in [-0.2, 0) is 34.4 Å². The zero-order valence-corrected chi connectivity index (χ0v) is 34.4. The predicted molar refractivity (Wildman–Crippen MR) is 211 cm³/mol. The molecule has 3 amide bonds. The highest BCUT2D eigenvalue weighted by Gasteiger charge is 2.67. The van der Waals surface area contributed by atoms with Crippen LogP contribution in [0.25, 0.3) is 10.8 Å². The molecule has 3 aliphatic rings. The van der Waals surface area contributed by atoms with Crippen molar-refractivity contribution in [2.24, 2.45) is 11.3 Å². The normalized spacial score (nSPS) is 23.3. The van der Waals surface area contributed by atoms with Crippen LogP contribution in [0.1, 0.15) is 46.5 Å². The summed E-state index contributed by atoms with van der Waals surface area (Å²) in [5.41, 5.74) is -1.76. The minimum Gasteiger partial charge on any atom is -0.494 e. The molecule has 3 aromatic rings. The first-order valence-electron chi connectivity index (χ1n) is 18.1. The number of fused-ring (bicyclic) bond motifs is 1. The number of nitrogens with zero attached hydrogens (tertiary/aromatic N) is 3. The molecule has 2 heterocycles. The van der Waals surface area contributed by atoms with Crippen LogP contribution in [0.5, 0.6) is 11.6 Å². The maximum atomic E-state index is 14.3. The number of rotatable bonds is 14. The Morgan fingerprint density at radius 3 is 2.32 bits per heavy atom. The molecule has 3 N–H and O–H groups in total. The molecule has 1 saturated heterocycles. The zero-order chi connectivity index (χ0) is 41.0. The summed E-state index contributed by atoms with van der Waals surface area (Å²) in [4.78, 5) is 48.6. The van der Waals surface area contributed by atoms with E-state index in [0.29, 0.717) is 40.1 Å². The number of carbonyl (C=O) groups is 3. The molecule has 3 fully saturated rings. The average Bonchev–Trinajstić information content (AvgIpc) is 4.07. The van der Waals surface area contributed by atoms with Gasteiger partial charge in [-0.1, -0.05) is 38.4 Å². The van der Waals surface area contributed by atoms with Crippen LogP contribution in [0.15, 0.2) is 66.2 Å². The standard InChI is InChI=1S/C38H47ClN6O9S2/c1-8-22-19-38(22,36(48)43-55(49,50)26-14-15-26)45-21-25(54-35-29-17-23(39)9-16-28(29)31(53-7)20-40-35)18-30(45)33(46)42-34(47)32(37(2,3)4)41-24-10-12-27(13-11-24)56(51,52)44(5)6/h8-13,16-17,20,22,25-26,30,32,41H,1,14-15,18-19,21H2,2-7H3,(H,43,48)(H,42,46,47)/t22-,25-,30+,32-,38-/m1/s1. The maximum absolute atomic E-state index is 14.3. The SMILES string of the molecule is C=C[C@@H]1C[C@@]1(C(=O)NS(=O)(=O)C1CC1)N1C[C@H](Oc2ncc(OC)c3ccc(Cl)cc23)C[C@H]1C(=O)NC(=O)[C@@H](Nc1ccc(S(=O)(=O)N(C)C)cc1)C(C)(C)C. The van der Waals surface area contributed by atoms with E-state index < -0.39 is 78.1 Å². The minimum atomic E-state index is -3.94. The van der Waals surface area contributed by atoms with E-state index in [1.165, 1.54) is 51.7 Å². The predicted octanol–water partition coefficient (Wildman–Crippen LogP) is 3.69. The molecule has 56 heavy (non-hydrogen) atoms. The van der Waals surface area contributed by atoms with Crippen molar-refractivity contribution in [1.29, 1.82) is 0 Å². The van der Waals surface area contributed by atoms with E-state index in [1.54, 1.807) is 29.2 Å². The van der Waals surface area contributed by atoms with Gasteiger partial charge in [-0.25, -0.2) is 26.1 Å². The van der Waals surface area contributed by atoms with Gasteiger partial charge in [0.25, 0.3) is 5.91 Å². The van der Waals surface area contributed by atoms with Crippen molar-refractivity contribution in [2.75, 3.05) is 33.1 Å². The largest absolute Gasteiger partial charge is 0.494 e. The number of ether oxygens (including phenoxy) is 2. The summed E-state index contributed by atoms with van der Waals surface area (Å²) in [6.45, 7) is 9.31. The van der Waals surface area contributed by atoms with Crippen molar-refractivity contribution in [2.45, 2.75) is 80.3 Å². The molecule has 6 rings (SSSR count). The molecule has 0 spiro atoms. The highest BCUT2D eigenvalue weighted by Crippen LogP contribution is 2.53. The lowest BCUT2D eigenvalue weighted by Crippen LogP contribution is -2.59. The fourth-order valence-electron chi connectivity index (χ4n) is 7.16. The van der Waals surface area contributed by atoms with E-state index in [0.717, 1.165) is 4.31 Å². The Morgan fingerprint density at radius 2 is 1.75 bits per heavy atom.